The predicted molar refractivity (Wildman–Crippen MR) is 113 cm³/mol. The van der Waals surface area contributed by atoms with Crippen LogP contribution in [0.1, 0.15) is 5.56 Å². The third-order valence-electron chi connectivity index (χ3n) is 4.06. The van der Waals surface area contributed by atoms with Gasteiger partial charge in [-0.15, -0.1) is 0 Å². The molecule has 0 atom stereocenters. The third kappa shape index (κ3) is 6.56. The number of hydrogen-bond acceptors (Lipinski definition) is 6. The zero-order valence-corrected chi connectivity index (χ0v) is 16.4. The van der Waals surface area contributed by atoms with Crippen LogP contribution >= 0.6 is 0 Å². The van der Waals surface area contributed by atoms with Gasteiger partial charge in [-0.3, -0.25) is 9.59 Å². The lowest BCUT2D eigenvalue weighted by Gasteiger charge is -2.07. The Labute approximate surface area is 174 Å². The fourth-order valence-corrected chi connectivity index (χ4v) is 2.53. The second-order valence-electron chi connectivity index (χ2n) is 6.32. The topological polar surface area (TPSA) is 89.3 Å². The first-order chi connectivity index (χ1) is 14.6. The van der Waals surface area contributed by atoms with Crippen LogP contribution in [0.5, 0.6) is 5.75 Å². The minimum Gasteiger partial charge on any atom is -0.497 e. The van der Waals surface area contributed by atoms with Crippen molar-refractivity contribution in [2.75, 3.05) is 19.0 Å². The number of esters is 1. The zero-order valence-electron chi connectivity index (χ0n) is 16.4. The maximum atomic E-state index is 12.0. The summed E-state index contributed by atoms with van der Waals surface area (Å²) in [6.45, 7) is -0.357. The molecule has 1 N–H and O–H groups in total. The van der Waals surface area contributed by atoms with Crippen LogP contribution in [-0.2, 0) is 20.7 Å². The molecule has 30 heavy (non-hydrogen) atoms. The highest BCUT2D eigenvalue weighted by Gasteiger charge is 2.09. The molecule has 3 aromatic carbocycles. The number of amides is 1. The molecule has 0 aliphatic carbocycles. The summed E-state index contributed by atoms with van der Waals surface area (Å²) in [5.41, 5.74) is 2.76. The summed E-state index contributed by atoms with van der Waals surface area (Å²) in [5, 5.41) is 10.9. The Kier molecular flexibility index (Phi) is 7.27. The van der Waals surface area contributed by atoms with Crippen molar-refractivity contribution in [3.63, 3.8) is 0 Å². The summed E-state index contributed by atoms with van der Waals surface area (Å²) in [7, 11) is 1.57. The Morgan fingerprint density at radius 2 is 1.47 bits per heavy atom. The highest BCUT2D eigenvalue weighted by atomic mass is 16.5. The van der Waals surface area contributed by atoms with Gasteiger partial charge in [0, 0.05) is 5.69 Å². The fraction of sp³-hybridized carbons (Fsp3) is 0.130. The van der Waals surface area contributed by atoms with E-state index in [1.54, 1.807) is 55.6 Å². The Morgan fingerprint density at radius 3 is 2.10 bits per heavy atom. The van der Waals surface area contributed by atoms with Crippen molar-refractivity contribution in [1.82, 2.24) is 0 Å². The van der Waals surface area contributed by atoms with Gasteiger partial charge in [0.25, 0.3) is 5.91 Å². The Morgan fingerprint density at radius 1 is 0.833 bits per heavy atom. The first-order valence-electron chi connectivity index (χ1n) is 9.27. The highest BCUT2D eigenvalue weighted by molar-refractivity contribution is 5.93. The molecule has 1 amide bonds. The number of benzene rings is 3. The number of methoxy groups -OCH3 is 1. The van der Waals surface area contributed by atoms with Crippen LogP contribution < -0.4 is 10.1 Å². The minimum atomic E-state index is -0.480. The smallest absolute Gasteiger partial charge is 0.310 e. The summed E-state index contributed by atoms with van der Waals surface area (Å²) in [6.07, 6.45) is 0.0817. The molecule has 0 saturated carbocycles. The minimum absolute atomic E-state index is 0.0817. The number of azo groups is 1. The SMILES string of the molecule is COc1ccc(CC(=O)OCC(=O)Nc2ccc(N=Nc3ccccc3)cc2)cc1. The van der Waals surface area contributed by atoms with Gasteiger partial charge in [0.1, 0.15) is 5.75 Å². The number of nitrogens with one attached hydrogen (secondary N) is 1. The van der Waals surface area contributed by atoms with Crippen molar-refractivity contribution >= 4 is 28.9 Å². The van der Waals surface area contributed by atoms with Gasteiger partial charge in [0.05, 0.1) is 24.9 Å². The van der Waals surface area contributed by atoms with Crippen LogP contribution in [0, 0.1) is 0 Å². The third-order valence-corrected chi connectivity index (χ3v) is 4.06. The monoisotopic (exact) mass is 403 g/mol. The van der Waals surface area contributed by atoms with E-state index in [9.17, 15) is 9.59 Å². The molecular formula is C23H21N3O4. The van der Waals surface area contributed by atoms with Crippen LogP contribution in [0.2, 0.25) is 0 Å². The van der Waals surface area contributed by atoms with E-state index in [0.717, 1.165) is 11.3 Å². The Bertz CT molecular complexity index is 1000. The lowest BCUT2D eigenvalue weighted by Crippen LogP contribution is -2.21. The Hall–Kier alpha value is -4.00. The van der Waals surface area contributed by atoms with E-state index in [-0.39, 0.29) is 13.0 Å². The van der Waals surface area contributed by atoms with Crippen LogP contribution in [0.15, 0.2) is 89.1 Å². The van der Waals surface area contributed by atoms with Gasteiger partial charge in [0.2, 0.25) is 0 Å². The van der Waals surface area contributed by atoms with Crippen LogP contribution in [0.3, 0.4) is 0 Å². The Balaban J connectivity index is 1.44. The van der Waals surface area contributed by atoms with Gasteiger partial charge >= 0.3 is 5.97 Å². The summed E-state index contributed by atoms with van der Waals surface area (Å²) < 4.78 is 10.1. The molecule has 0 saturated heterocycles. The normalized spacial score (nSPS) is 10.6. The first kappa shape index (κ1) is 20.7. The van der Waals surface area contributed by atoms with Gasteiger partial charge in [0.15, 0.2) is 6.61 Å². The highest BCUT2D eigenvalue weighted by Crippen LogP contribution is 2.20. The van der Waals surface area contributed by atoms with Crippen LogP contribution in [-0.4, -0.2) is 25.6 Å². The summed E-state index contributed by atoms with van der Waals surface area (Å²) in [5.74, 6) is -0.192. The number of rotatable bonds is 8. The quantitative estimate of drug-likeness (QED) is 0.431. The van der Waals surface area contributed by atoms with Crippen molar-refractivity contribution in [3.8, 4) is 5.75 Å². The molecule has 7 nitrogen and oxygen atoms in total. The molecule has 0 unspecified atom stereocenters. The number of nitrogens with zero attached hydrogens (tertiary/aromatic N) is 2. The molecule has 0 aliphatic rings. The van der Waals surface area contributed by atoms with Crippen molar-refractivity contribution in [3.05, 3.63) is 84.4 Å². The fourth-order valence-electron chi connectivity index (χ4n) is 2.53. The van der Waals surface area contributed by atoms with Gasteiger partial charge < -0.3 is 14.8 Å². The number of carbonyl (C=O) groups excluding carboxylic acids is 2. The van der Waals surface area contributed by atoms with E-state index in [1.165, 1.54) is 0 Å². The van der Waals surface area contributed by atoms with Crippen molar-refractivity contribution in [2.24, 2.45) is 10.2 Å². The predicted octanol–water partition coefficient (Wildman–Crippen LogP) is 4.84. The van der Waals surface area contributed by atoms with Crippen LogP contribution in [0.4, 0.5) is 17.1 Å². The second-order valence-corrected chi connectivity index (χ2v) is 6.32. The average Bonchev–Trinajstić information content (AvgIpc) is 2.78. The van der Waals surface area contributed by atoms with Gasteiger partial charge in [-0.25, -0.2) is 0 Å². The molecule has 0 fully saturated rings. The molecule has 0 aromatic heterocycles. The maximum absolute atomic E-state index is 12.0. The molecule has 0 spiro atoms. The number of hydrogen-bond donors (Lipinski definition) is 1. The van der Waals surface area contributed by atoms with E-state index >= 15 is 0 Å². The van der Waals surface area contributed by atoms with Gasteiger partial charge in [-0.2, -0.15) is 10.2 Å². The summed E-state index contributed by atoms with van der Waals surface area (Å²) in [6, 6.07) is 23.3. The molecule has 0 heterocycles. The first-order valence-corrected chi connectivity index (χ1v) is 9.27. The van der Waals surface area contributed by atoms with Gasteiger partial charge in [-0.05, 0) is 54.1 Å². The van der Waals surface area contributed by atoms with E-state index in [2.05, 4.69) is 15.5 Å². The van der Waals surface area contributed by atoms with E-state index in [1.807, 2.05) is 30.3 Å². The maximum Gasteiger partial charge on any atom is 0.310 e. The lowest BCUT2D eigenvalue weighted by molar-refractivity contribution is -0.146. The summed E-state index contributed by atoms with van der Waals surface area (Å²) >= 11 is 0. The van der Waals surface area contributed by atoms with E-state index < -0.39 is 11.9 Å². The van der Waals surface area contributed by atoms with E-state index in [4.69, 9.17) is 9.47 Å². The molecule has 152 valence electrons. The van der Waals surface area contributed by atoms with Gasteiger partial charge in [-0.1, -0.05) is 30.3 Å². The molecular weight excluding hydrogens is 382 g/mol. The lowest BCUT2D eigenvalue weighted by atomic mass is 10.1. The molecule has 3 aromatic rings. The van der Waals surface area contributed by atoms with Crippen molar-refractivity contribution < 1.29 is 19.1 Å². The van der Waals surface area contributed by atoms with Crippen LogP contribution in [0.25, 0.3) is 0 Å². The zero-order chi connectivity index (χ0) is 21.2. The molecule has 0 bridgehead atoms. The summed E-state index contributed by atoms with van der Waals surface area (Å²) in [4.78, 5) is 23.9. The standard InChI is InChI=1S/C23H21N3O4/c1-29-21-13-7-17(8-14-21)15-23(28)30-16-22(27)24-18-9-11-20(12-10-18)26-25-19-5-3-2-4-6-19/h2-14H,15-16H2,1H3,(H,24,27). The van der Waals surface area contributed by atoms with E-state index in [0.29, 0.717) is 17.1 Å². The molecule has 7 heteroatoms. The number of carbonyl (C=O) groups is 2. The average molecular weight is 403 g/mol. The van der Waals surface area contributed by atoms with Crippen molar-refractivity contribution in [2.45, 2.75) is 6.42 Å². The largest absolute Gasteiger partial charge is 0.497 e. The molecule has 3 rings (SSSR count). The molecule has 0 aliphatic heterocycles. The molecule has 0 radical (unpaired) electrons. The second kappa shape index (κ2) is 10.5. The number of anilines is 1. The number of ether oxygens (including phenoxy) is 2. The van der Waals surface area contributed by atoms with Crippen molar-refractivity contribution in [1.29, 1.82) is 0 Å².